The van der Waals surface area contributed by atoms with Crippen molar-refractivity contribution in [1.29, 1.82) is 0 Å². The number of fused-ring (bicyclic) bond motifs is 1. The molecule has 2 aromatic rings. The summed E-state index contributed by atoms with van der Waals surface area (Å²) in [6.45, 7) is 2.82. The van der Waals surface area contributed by atoms with E-state index in [0.29, 0.717) is 42.6 Å². The van der Waals surface area contributed by atoms with Crippen molar-refractivity contribution in [1.82, 2.24) is 0 Å². The van der Waals surface area contributed by atoms with Crippen LogP contribution in [0, 0.1) is 12.8 Å². The summed E-state index contributed by atoms with van der Waals surface area (Å²) in [4.78, 5) is 26.5. The average Bonchev–Trinajstić information content (AvgIpc) is 2.81. The fourth-order valence-electron chi connectivity index (χ4n) is 4.45. The van der Waals surface area contributed by atoms with Gasteiger partial charge in [-0.1, -0.05) is 49.8 Å². The normalized spacial score (nSPS) is 16.3. The fourth-order valence-corrected chi connectivity index (χ4v) is 4.45. The Balaban J connectivity index is 1.32. The summed E-state index contributed by atoms with van der Waals surface area (Å²) in [5.74, 6) is 2.00. The van der Waals surface area contributed by atoms with Gasteiger partial charge in [-0.2, -0.15) is 0 Å². The van der Waals surface area contributed by atoms with Gasteiger partial charge in [0.1, 0.15) is 18.1 Å². The first-order valence-corrected chi connectivity index (χ1v) is 11.6. The molecule has 170 valence electrons. The van der Waals surface area contributed by atoms with Crippen LogP contribution in [0.25, 0.3) is 0 Å². The first-order chi connectivity index (χ1) is 15.6. The van der Waals surface area contributed by atoms with E-state index in [0.717, 1.165) is 12.2 Å². The topological polar surface area (TPSA) is 67.9 Å². The van der Waals surface area contributed by atoms with Crippen LogP contribution in [0.15, 0.2) is 42.5 Å². The Bertz CT molecular complexity index is 935. The van der Waals surface area contributed by atoms with E-state index >= 15 is 0 Å². The number of hydrogen-bond donors (Lipinski definition) is 1. The molecule has 0 radical (unpaired) electrons. The van der Waals surface area contributed by atoms with Crippen LogP contribution < -0.4 is 19.7 Å². The second-order valence-corrected chi connectivity index (χ2v) is 8.77. The Morgan fingerprint density at radius 2 is 1.91 bits per heavy atom. The van der Waals surface area contributed by atoms with Gasteiger partial charge >= 0.3 is 0 Å². The molecule has 1 aliphatic carbocycles. The summed E-state index contributed by atoms with van der Waals surface area (Å²) >= 11 is 0. The van der Waals surface area contributed by atoms with Gasteiger partial charge in [0.25, 0.3) is 5.91 Å². The third-order valence-electron chi connectivity index (χ3n) is 6.30. The zero-order valence-electron chi connectivity index (χ0n) is 18.8. The van der Waals surface area contributed by atoms with Crippen LogP contribution in [0.5, 0.6) is 11.5 Å². The summed E-state index contributed by atoms with van der Waals surface area (Å²) in [7, 11) is 0. The largest absolute Gasteiger partial charge is 0.492 e. The lowest BCUT2D eigenvalue weighted by atomic mass is 9.86. The van der Waals surface area contributed by atoms with E-state index in [1.165, 1.54) is 37.7 Å². The number of amides is 2. The third-order valence-corrected chi connectivity index (χ3v) is 6.30. The molecule has 2 aliphatic rings. The van der Waals surface area contributed by atoms with Gasteiger partial charge < -0.3 is 19.7 Å². The second-order valence-electron chi connectivity index (χ2n) is 8.77. The Morgan fingerprint density at radius 1 is 1.12 bits per heavy atom. The molecule has 1 saturated carbocycles. The average molecular weight is 437 g/mol. The first kappa shape index (κ1) is 22.2. The molecule has 0 unspecified atom stereocenters. The monoisotopic (exact) mass is 436 g/mol. The number of carbonyl (C=O) groups excluding carboxylic acids is 2. The zero-order chi connectivity index (χ0) is 22.3. The number of nitrogens with zero attached hydrogens (tertiary/aromatic N) is 1. The molecule has 0 bridgehead atoms. The van der Waals surface area contributed by atoms with Gasteiger partial charge in [0.2, 0.25) is 5.91 Å². The van der Waals surface area contributed by atoms with Gasteiger partial charge in [-0.25, -0.2) is 0 Å². The van der Waals surface area contributed by atoms with E-state index < -0.39 is 0 Å². The van der Waals surface area contributed by atoms with Crippen LogP contribution >= 0.6 is 0 Å². The van der Waals surface area contributed by atoms with Crippen molar-refractivity contribution < 1.29 is 19.1 Å². The van der Waals surface area contributed by atoms with Crippen LogP contribution in [-0.2, 0) is 9.59 Å². The van der Waals surface area contributed by atoms with Crippen molar-refractivity contribution >= 4 is 23.2 Å². The van der Waals surface area contributed by atoms with Gasteiger partial charge in [0, 0.05) is 18.2 Å². The van der Waals surface area contributed by atoms with E-state index in [2.05, 4.69) is 5.32 Å². The van der Waals surface area contributed by atoms with Gasteiger partial charge in [-0.05, 0) is 43.5 Å². The molecule has 2 aromatic carbocycles. The minimum absolute atomic E-state index is 0.0173. The quantitative estimate of drug-likeness (QED) is 0.625. The molecule has 1 aliphatic heterocycles. The van der Waals surface area contributed by atoms with Crippen LogP contribution in [0.1, 0.15) is 50.5 Å². The van der Waals surface area contributed by atoms with Crippen LogP contribution in [0.4, 0.5) is 11.4 Å². The number of nitrogens with one attached hydrogen (secondary N) is 1. The molecule has 0 aromatic heterocycles. The number of carbonyl (C=O) groups is 2. The van der Waals surface area contributed by atoms with Crippen molar-refractivity contribution in [2.45, 2.75) is 51.9 Å². The highest BCUT2D eigenvalue weighted by molar-refractivity contribution is 5.99. The van der Waals surface area contributed by atoms with Crippen molar-refractivity contribution in [2.75, 3.05) is 30.0 Å². The molecule has 6 nitrogen and oxygen atoms in total. The molecule has 0 atom stereocenters. The van der Waals surface area contributed by atoms with Gasteiger partial charge in [0.05, 0.1) is 12.2 Å². The van der Waals surface area contributed by atoms with E-state index in [9.17, 15) is 9.59 Å². The summed E-state index contributed by atoms with van der Waals surface area (Å²) in [5.41, 5.74) is 2.57. The summed E-state index contributed by atoms with van der Waals surface area (Å²) in [5, 5.41) is 2.98. The van der Waals surface area contributed by atoms with E-state index in [-0.39, 0.29) is 18.4 Å². The molecule has 0 spiro atoms. The molecule has 0 saturated heterocycles. The van der Waals surface area contributed by atoms with E-state index in [1.54, 1.807) is 11.0 Å². The SMILES string of the molecule is Cc1ccc(OCCN2C(=O)COc3cc(NC(=O)CCC4CCCCC4)ccc32)cc1. The molecule has 32 heavy (non-hydrogen) atoms. The molecule has 1 heterocycles. The standard InChI is InChI=1S/C26H32N2O4/c1-19-7-11-22(12-8-19)31-16-15-28-23-13-10-21(17-24(23)32-18-26(28)30)27-25(29)14-9-20-5-3-2-4-6-20/h7-8,10-13,17,20H,2-6,9,14-16,18H2,1H3,(H,27,29). The van der Waals surface area contributed by atoms with Crippen LogP contribution in [0.2, 0.25) is 0 Å². The third kappa shape index (κ3) is 5.81. The molecule has 1 fully saturated rings. The molecule has 6 heteroatoms. The summed E-state index contributed by atoms with van der Waals surface area (Å²) in [6.07, 6.45) is 7.91. The predicted octanol–water partition coefficient (Wildman–Crippen LogP) is 5.10. The Kier molecular flexibility index (Phi) is 7.30. The molecule has 2 amide bonds. The smallest absolute Gasteiger partial charge is 0.265 e. The predicted molar refractivity (Wildman–Crippen MR) is 125 cm³/mol. The van der Waals surface area contributed by atoms with Crippen LogP contribution in [0.3, 0.4) is 0 Å². The lowest BCUT2D eigenvalue weighted by Crippen LogP contribution is -2.41. The van der Waals surface area contributed by atoms with Gasteiger partial charge in [0.15, 0.2) is 6.61 Å². The highest BCUT2D eigenvalue weighted by Crippen LogP contribution is 2.35. The number of ether oxygens (including phenoxy) is 2. The van der Waals surface area contributed by atoms with E-state index in [4.69, 9.17) is 9.47 Å². The lowest BCUT2D eigenvalue weighted by Gasteiger charge is -2.29. The van der Waals surface area contributed by atoms with Crippen molar-refractivity contribution in [3.63, 3.8) is 0 Å². The first-order valence-electron chi connectivity index (χ1n) is 11.6. The highest BCUT2D eigenvalue weighted by atomic mass is 16.5. The maximum Gasteiger partial charge on any atom is 0.265 e. The van der Waals surface area contributed by atoms with Crippen molar-refractivity contribution in [3.05, 3.63) is 48.0 Å². The van der Waals surface area contributed by atoms with Crippen LogP contribution in [-0.4, -0.2) is 31.6 Å². The van der Waals surface area contributed by atoms with Gasteiger partial charge in [-0.3, -0.25) is 9.59 Å². The maximum atomic E-state index is 12.4. The summed E-state index contributed by atoms with van der Waals surface area (Å²) < 4.78 is 11.4. The number of hydrogen-bond acceptors (Lipinski definition) is 4. The molecular weight excluding hydrogens is 404 g/mol. The van der Waals surface area contributed by atoms with Gasteiger partial charge in [-0.15, -0.1) is 0 Å². The number of aryl methyl sites for hydroxylation is 1. The second kappa shape index (κ2) is 10.5. The lowest BCUT2D eigenvalue weighted by molar-refractivity contribution is -0.121. The minimum atomic E-state index is -0.103. The molecule has 1 N–H and O–H groups in total. The number of rotatable bonds is 8. The number of benzene rings is 2. The zero-order valence-corrected chi connectivity index (χ0v) is 18.8. The van der Waals surface area contributed by atoms with Crippen molar-refractivity contribution in [3.8, 4) is 11.5 Å². The Morgan fingerprint density at radius 3 is 2.69 bits per heavy atom. The van der Waals surface area contributed by atoms with E-state index in [1.807, 2.05) is 43.3 Å². The molecular formula is C26H32N2O4. The fraction of sp³-hybridized carbons (Fsp3) is 0.462. The molecule has 4 rings (SSSR count). The number of anilines is 2. The Labute approximate surface area is 189 Å². The Hall–Kier alpha value is -3.02. The highest BCUT2D eigenvalue weighted by Gasteiger charge is 2.26. The maximum absolute atomic E-state index is 12.4. The van der Waals surface area contributed by atoms with Crippen molar-refractivity contribution in [2.24, 2.45) is 5.92 Å². The summed E-state index contributed by atoms with van der Waals surface area (Å²) in [6, 6.07) is 13.3. The minimum Gasteiger partial charge on any atom is -0.492 e.